The van der Waals surface area contributed by atoms with Crippen molar-refractivity contribution in [3.8, 4) is 0 Å². The molecule has 0 aliphatic carbocycles. The van der Waals surface area contributed by atoms with E-state index in [1.165, 1.54) is 6.07 Å². The lowest BCUT2D eigenvalue weighted by atomic mass is 10.0. The van der Waals surface area contributed by atoms with E-state index in [0.717, 1.165) is 6.42 Å². The molecule has 0 radical (unpaired) electrons. The first-order valence-electron chi connectivity index (χ1n) is 6.31. The molecule has 102 valence electrons. The van der Waals surface area contributed by atoms with Gasteiger partial charge in [0.1, 0.15) is 0 Å². The summed E-state index contributed by atoms with van der Waals surface area (Å²) in [5, 5.41) is 18.1. The Morgan fingerprint density at radius 1 is 1.32 bits per heavy atom. The van der Waals surface area contributed by atoms with Gasteiger partial charge in [0.15, 0.2) is 0 Å². The van der Waals surface area contributed by atoms with Crippen molar-refractivity contribution >= 4 is 11.9 Å². The fourth-order valence-corrected chi connectivity index (χ4v) is 2.37. The first kappa shape index (κ1) is 13.5. The van der Waals surface area contributed by atoms with Gasteiger partial charge in [-0.15, -0.1) is 0 Å². The van der Waals surface area contributed by atoms with Crippen LogP contribution in [0.2, 0.25) is 0 Å². The van der Waals surface area contributed by atoms with Gasteiger partial charge in [-0.1, -0.05) is 18.2 Å². The number of aliphatic hydroxyl groups excluding tert-OH is 1. The van der Waals surface area contributed by atoms with Gasteiger partial charge in [-0.2, -0.15) is 0 Å². The van der Waals surface area contributed by atoms with Crippen molar-refractivity contribution in [1.82, 2.24) is 4.90 Å². The second-order valence-corrected chi connectivity index (χ2v) is 4.82. The number of amides is 1. The molecule has 1 aromatic carbocycles. The Morgan fingerprint density at radius 2 is 2.05 bits per heavy atom. The summed E-state index contributed by atoms with van der Waals surface area (Å²) in [6.45, 7) is 1.29. The molecule has 1 aliphatic heterocycles. The Balaban J connectivity index is 2.05. The van der Waals surface area contributed by atoms with Crippen LogP contribution in [-0.2, 0) is 11.2 Å². The molecular weight excluding hydrogens is 246 g/mol. The molecule has 0 saturated carbocycles. The Bertz CT molecular complexity index is 486. The Hall–Kier alpha value is -1.88. The highest BCUT2D eigenvalue weighted by molar-refractivity contribution is 5.91. The lowest BCUT2D eigenvalue weighted by molar-refractivity contribution is -0.129. The first-order valence-corrected chi connectivity index (χ1v) is 6.31. The number of aromatic carboxylic acids is 1. The number of rotatable bonds is 4. The number of carbonyl (C=O) groups excluding carboxylic acids is 1. The molecule has 2 rings (SSSR count). The Kier molecular flexibility index (Phi) is 4.16. The van der Waals surface area contributed by atoms with E-state index in [-0.39, 0.29) is 30.4 Å². The van der Waals surface area contributed by atoms with E-state index in [2.05, 4.69) is 0 Å². The average Bonchev–Trinajstić information content (AvgIpc) is 2.88. The zero-order chi connectivity index (χ0) is 13.8. The van der Waals surface area contributed by atoms with E-state index in [1.807, 2.05) is 0 Å². The van der Waals surface area contributed by atoms with E-state index in [4.69, 9.17) is 10.2 Å². The van der Waals surface area contributed by atoms with Crippen molar-refractivity contribution in [2.45, 2.75) is 12.8 Å². The number of benzene rings is 1. The van der Waals surface area contributed by atoms with E-state index in [1.54, 1.807) is 23.1 Å². The second kappa shape index (κ2) is 5.84. The molecule has 19 heavy (non-hydrogen) atoms. The SMILES string of the molecule is O=C(O)c1ccccc1CC(=O)N1CCC(CO)C1. The van der Waals surface area contributed by atoms with Crippen molar-refractivity contribution in [2.24, 2.45) is 5.92 Å². The van der Waals surface area contributed by atoms with Crippen LogP contribution >= 0.6 is 0 Å². The molecule has 2 N–H and O–H groups in total. The molecule has 1 saturated heterocycles. The maximum Gasteiger partial charge on any atom is 0.335 e. The molecule has 1 amide bonds. The fourth-order valence-electron chi connectivity index (χ4n) is 2.37. The van der Waals surface area contributed by atoms with E-state index >= 15 is 0 Å². The van der Waals surface area contributed by atoms with Crippen molar-refractivity contribution < 1.29 is 19.8 Å². The molecule has 5 nitrogen and oxygen atoms in total. The largest absolute Gasteiger partial charge is 0.478 e. The zero-order valence-electron chi connectivity index (χ0n) is 10.6. The molecule has 1 aliphatic rings. The van der Waals surface area contributed by atoms with Gasteiger partial charge in [0, 0.05) is 25.6 Å². The lowest BCUT2D eigenvalue weighted by Gasteiger charge is -2.16. The highest BCUT2D eigenvalue weighted by atomic mass is 16.4. The third kappa shape index (κ3) is 3.12. The minimum absolute atomic E-state index is 0.0790. The summed E-state index contributed by atoms with van der Waals surface area (Å²) in [7, 11) is 0. The van der Waals surface area contributed by atoms with Gasteiger partial charge < -0.3 is 15.1 Å². The first-order chi connectivity index (χ1) is 9.11. The van der Waals surface area contributed by atoms with Crippen LogP contribution in [0.25, 0.3) is 0 Å². The van der Waals surface area contributed by atoms with Crippen LogP contribution in [0, 0.1) is 5.92 Å². The summed E-state index contributed by atoms with van der Waals surface area (Å²) >= 11 is 0. The molecule has 1 heterocycles. The second-order valence-electron chi connectivity index (χ2n) is 4.82. The molecular formula is C14H17NO4. The minimum Gasteiger partial charge on any atom is -0.478 e. The maximum atomic E-state index is 12.1. The average molecular weight is 263 g/mol. The highest BCUT2D eigenvalue weighted by Gasteiger charge is 2.26. The monoisotopic (exact) mass is 263 g/mol. The van der Waals surface area contributed by atoms with Crippen LogP contribution < -0.4 is 0 Å². The van der Waals surface area contributed by atoms with Crippen molar-refractivity contribution in [2.75, 3.05) is 19.7 Å². The number of carboxylic acids is 1. The fraction of sp³-hybridized carbons (Fsp3) is 0.429. The summed E-state index contributed by atoms with van der Waals surface area (Å²) in [5.41, 5.74) is 0.709. The summed E-state index contributed by atoms with van der Waals surface area (Å²) in [5.74, 6) is -0.943. The number of likely N-dealkylation sites (tertiary alicyclic amines) is 1. The molecule has 5 heteroatoms. The van der Waals surface area contributed by atoms with Gasteiger partial charge in [0.05, 0.1) is 12.0 Å². The van der Waals surface area contributed by atoms with Gasteiger partial charge >= 0.3 is 5.97 Å². The lowest BCUT2D eigenvalue weighted by Crippen LogP contribution is -2.30. The van der Waals surface area contributed by atoms with Crippen LogP contribution in [-0.4, -0.2) is 46.7 Å². The van der Waals surface area contributed by atoms with Crippen LogP contribution in [0.4, 0.5) is 0 Å². The van der Waals surface area contributed by atoms with Gasteiger partial charge in [-0.3, -0.25) is 4.79 Å². The summed E-state index contributed by atoms with van der Waals surface area (Å²) in [6.07, 6.45) is 0.906. The molecule has 0 bridgehead atoms. The van der Waals surface area contributed by atoms with Gasteiger partial charge in [-0.25, -0.2) is 4.79 Å². The zero-order valence-corrected chi connectivity index (χ0v) is 10.6. The van der Waals surface area contributed by atoms with E-state index in [0.29, 0.717) is 18.7 Å². The third-order valence-corrected chi connectivity index (χ3v) is 3.49. The topological polar surface area (TPSA) is 77.8 Å². The summed E-state index contributed by atoms with van der Waals surface area (Å²) in [4.78, 5) is 24.9. The number of nitrogens with zero attached hydrogens (tertiary/aromatic N) is 1. The number of carbonyl (C=O) groups is 2. The standard InChI is InChI=1S/C14H17NO4/c16-9-10-5-6-15(8-10)13(17)7-11-3-1-2-4-12(11)14(18)19/h1-4,10,16H,5-9H2,(H,18,19). The van der Waals surface area contributed by atoms with Crippen LogP contribution in [0.1, 0.15) is 22.3 Å². The molecule has 0 aromatic heterocycles. The van der Waals surface area contributed by atoms with E-state index < -0.39 is 5.97 Å². The summed E-state index contributed by atoms with van der Waals surface area (Å²) in [6, 6.07) is 6.55. The van der Waals surface area contributed by atoms with Crippen molar-refractivity contribution in [3.05, 3.63) is 35.4 Å². The predicted octanol–water partition coefficient (Wildman–Crippen LogP) is 0.768. The van der Waals surface area contributed by atoms with Gasteiger partial charge in [-0.05, 0) is 18.1 Å². The normalized spacial score (nSPS) is 18.6. The van der Waals surface area contributed by atoms with Gasteiger partial charge in [0.25, 0.3) is 0 Å². The smallest absolute Gasteiger partial charge is 0.335 e. The van der Waals surface area contributed by atoms with E-state index in [9.17, 15) is 9.59 Å². The van der Waals surface area contributed by atoms with Crippen LogP contribution in [0.5, 0.6) is 0 Å². The minimum atomic E-state index is -1.02. The maximum absolute atomic E-state index is 12.1. The molecule has 1 unspecified atom stereocenters. The number of carboxylic acid groups (broad SMARTS) is 1. The Labute approximate surface area is 111 Å². The number of aliphatic hydroxyl groups is 1. The quantitative estimate of drug-likeness (QED) is 0.841. The third-order valence-electron chi connectivity index (χ3n) is 3.49. The van der Waals surface area contributed by atoms with Crippen molar-refractivity contribution in [3.63, 3.8) is 0 Å². The summed E-state index contributed by atoms with van der Waals surface area (Å²) < 4.78 is 0. The molecule has 1 fully saturated rings. The Morgan fingerprint density at radius 3 is 2.68 bits per heavy atom. The van der Waals surface area contributed by atoms with Crippen molar-refractivity contribution in [1.29, 1.82) is 0 Å². The molecule has 0 spiro atoms. The number of hydrogen-bond donors (Lipinski definition) is 2. The van der Waals surface area contributed by atoms with Crippen LogP contribution in [0.3, 0.4) is 0 Å². The van der Waals surface area contributed by atoms with Crippen LogP contribution in [0.15, 0.2) is 24.3 Å². The van der Waals surface area contributed by atoms with Gasteiger partial charge in [0.2, 0.25) is 5.91 Å². The number of hydrogen-bond acceptors (Lipinski definition) is 3. The highest BCUT2D eigenvalue weighted by Crippen LogP contribution is 2.18. The predicted molar refractivity (Wildman–Crippen MR) is 68.9 cm³/mol. The molecule has 1 aromatic rings. The molecule has 1 atom stereocenters.